The van der Waals surface area contributed by atoms with E-state index in [1.54, 1.807) is 0 Å². The SMILES string of the molecule is NC(=O)C(=O)N(N[C@H](C=O)CS)[C@H](C=O)CS. The second-order valence-corrected chi connectivity index (χ2v) is 3.71. The zero-order valence-corrected chi connectivity index (χ0v) is 10.6. The summed E-state index contributed by atoms with van der Waals surface area (Å²) in [6, 6.07) is -1.82. The van der Waals surface area contributed by atoms with Gasteiger partial charge in [-0.25, -0.2) is 5.43 Å². The highest BCUT2D eigenvalue weighted by Crippen LogP contribution is 1.99. The van der Waals surface area contributed by atoms with Gasteiger partial charge >= 0.3 is 11.8 Å². The van der Waals surface area contributed by atoms with E-state index in [0.29, 0.717) is 17.6 Å². The first-order valence-corrected chi connectivity index (χ1v) is 5.79. The molecule has 0 bridgehead atoms. The van der Waals surface area contributed by atoms with E-state index in [2.05, 4.69) is 30.7 Å². The fourth-order valence-electron chi connectivity index (χ4n) is 0.902. The van der Waals surface area contributed by atoms with Crippen LogP contribution in [0.1, 0.15) is 0 Å². The van der Waals surface area contributed by atoms with Gasteiger partial charge in [0.05, 0.1) is 6.04 Å². The summed E-state index contributed by atoms with van der Waals surface area (Å²) in [5.41, 5.74) is 7.22. The van der Waals surface area contributed by atoms with E-state index in [9.17, 15) is 19.2 Å². The van der Waals surface area contributed by atoms with Crippen LogP contribution < -0.4 is 11.2 Å². The summed E-state index contributed by atoms with van der Waals surface area (Å²) < 4.78 is 0. The molecule has 0 saturated carbocycles. The minimum atomic E-state index is -1.24. The zero-order chi connectivity index (χ0) is 13.4. The molecular weight excluding hydrogens is 266 g/mol. The van der Waals surface area contributed by atoms with E-state index in [1.807, 2.05) is 0 Å². The Kier molecular flexibility index (Phi) is 7.59. The maximum atomic E-state index is 11.4. The van der Waals surface area contributed by atoms with Gasteiger partial charge in [-0.05, 0) is 0 Å². The lowest BCUT2D eigenvalue weighted by Crippen LogP contribution is -2.58. The van der Waals surface area contributed by atoms with Gasteiger partial charge < -0.3 is 15.3 Å². The Balaban J connectivity index is 4.95. The van der Waals surface area contributed by atoms with Crippen LogP contribution in [0.15, 0.2) is 0 Å². The van der Waals surface area contributed by atoms with Crippen LogP contribution in [0.25, 0.3) is 0 Å². The Morgan fingerprint density at radius 2 is 1.82 bits per heavy atom. The van der Waals surface area contributed by atoms with E-state index >= 15 is 0 Å². The molecule has 0 radical (unpaired) electrons. The molecule has 7 nitrogen and oxygen atoms in total. The van der Waals surface area contributed by atoms with Gasteiger partial charge in [-0.3, -0.25) is 14.6 Å². The standard InChI is InChI=1S/C8H13N3O4S2/c9-7(14)8(15)11(6(2-13)4-17)10-5(1-12)3-16/h1-2,5-6,10,16-17H,3-4H2,(H2,9,14)/t5-,6-/m1/s1. The molecule has 0 aliphatic heterocycles. The van der Waals surface area contributed by atoms with Crippen LogP contribution in [0.3, 0.4) is 0 Å². The number of carbonyl (C=O) groups excluding carboxylic acids is 4. The van der Waals surface area contributed by atoms with Crippen molar-refractivity contribution in [2.75, 3.05) is 11.5 Å². The highest BCUT2D eigenvalue weighted by Gasteiger charge is 2.28. The highest BCUT2D eigenvalue weighted by molar-refractivity contribution is 7.80. The minimum absolute atomic E-state index is 0.0202. The van der Waals surface area contributed by atoms with Gasteiger partial charge in [0, 0.05) is 11.5 Å². The molecule has 0 aromatic rings. The number of nitrogens with two attached hydrogens (primary N) is 1. The van der Waals surface area contributed by atoms with E-state index < -0.39 is 23.9 Å². The van der Waals surface area contributed by atoms with Crippen LogP contribution in [-0.4, -0.2) is 53.0 Å². The Morgan fingerprint density at radius 3 is 2.12 bits per heavy atom. The van der Waals surface area contributed by atoms with Gasteiger partial charge in [0.2, 0.25) is 0 Å². The second-order valence-electron chi connectivity index (χ2n) is 2.98. The number of aldehydes is 2. The van der Waals surface area contributed by atoms with E-state index in [4.69, 9.17) is 5.73 Å². The summed E-state index contributed by atoms with van der Waals surface area (Å²) >= 11 is 7.72. The van der Waals surface area contributed by atoms with Crippen LogP contribution >= 0.6 is 25.3 Å². The fraction of sp³-hybridized carbons (Fsp3) is 0.500. The van der Waals surface area contributed by atoms with Crippen LogP contribution in [0.2, 0.25) is 0 Å². The molecule has 2 atom stereocenters. The van der Waals surface area contributed by atoms with Gasteiger partial charge in [-0.15, -0.1) is 0 Å². The molecule has 0 aromatic heterocycles. The molecule has 3 N–H and O–H groups in total. The predicted molar refractivity (Wildman–Crippen MR) is 66.6 cm³/mol. The maximum Gasteiger partial charge on any atom is 0.326 e. The third-order valence-corrected chi connectivity index (χ3v) is 2.54. The zero-order valence-electron chi connectivity index (χ0n) is 8.78. The third kappa shape index (κ3) is 4.75. The second kappa shape index (κ2) is 8.09. The van der Waals surface area contributed by atoms with Crippen LogP contribution in [0.5, 0.6) is 0 Å². The predicted octanol–water partition coefficient (Wildman–Crippen LogP) is -2.20. The van der Waals surface area contributed by atoms with E-state index in [0.717, 1.165) is 0 Å². The molecule has 0 aliphatic carbocycles. The molecule has 0 heterocycles. The number of hydrazine groups is 1. The number of nitrogens with zero attached hydrogens (tertiary/aromatic N) is 1. The summed E-state index contributed by atoms with van der Waals surface area (Å²) in [7, 11) is 0. The Bertz CT molecular complexity index is 313. The lowest BCUT2D eigenvalue weighted by molar-refractivity contribution is -0.149. The monoisotopic (exact) mass is 279 g/mol. The topological polar surface area (TPSA) is 110 Å². The number of amides is 2. The van der Waals surface area contributed by atoms with Crippen molar-refractivity contribution in [3.8, 4) is 0 Å². The van der Waals surface area contributed by atoms with Gasteiger partial charge in [0.15, 0.2) is 0 Å². The number of thiol groups is 2. The molecule has 96 valence electrons. The van der Waals surface area contributed by atoms with Gasteiger partial charge in [-0.2, -0.15) is 25.3 Å². The molecule has 0 rings (SSSR count). The van der Waals surface area contributed by atoms with Crippen molar-refractivity contribution in [1.29, 1.82) is 0 Å². The molecule has 0 aliphatic rings. The van der Waals surface area contributed by atoms with Crippen molar-refractivity contribution in [1.82, 2.24) is 10.4 Å². The molecule has 9 heteroatoms. The number of nitrogens with one attached hydrogen (secondary N) is 1. The fourth-order valence-corrected chi connectivity index (χ4v) is 1.32. The van der Waals surface area contributed by atoms with E-state index in [1.165, 1.54) is 0 Å². The first kappa shape index (κ1) is 15.9. The maximum absolute atomic E-state index is 11.4. The smallest absolute Gasteiger partial charge is 0.326 e. The van der Waals surface area contributed by atoms with Crippen molar-refractivity contribution >= 4 is 49.6 Å². The number of rotatable bonds is 7. The van der Waals surface area contributed by atoms with Crippen molar-refractivity contribution in [3.63, 3.8) is 0 Å². The van der Waals surface area contributed by atoms with Gasteiger partial charge in [0.1, 0.15) is 18.6 Å². The Hall–Kier alpha value is -1.06. The number of carbonyl (C=O) groups is 4. The lowest BCUT2D eigenvalue weighted by Gasteiger charge is -2.28. The van der Waals surface area contributed by atoms with E-state index in [-0.39, 0.29) is 11.5 Å². The third-order valence-electron chi connectivity index (χ3n) is 1.77. The number of primary amides is 1. The molecule has 0 spiro atoms. The normalized spacial score (nSPS) is 13.5. The highest BCUT2D eigenvalue weighted by atomic mass is 32.1. The van der Waals surface area contributed by atoms with Crippen molar-refractivity contribution in [2.45, 2.75) is 12.1 Å². The average Bonchev–Trinajstić information content (AvgIpc) is 2.33. The van der Waals surface area contributed by atoms with Crippen molar-refractivity contribution in [3.05, 3.63) is 0 Å². The molecule has 17 heavy (non-hydrogen) atoms. The quantitative estimate of drug-likeness (QED) is 0.183. The van der Waals surface area contributed by atoms with Crippen LogP contribution in [-0.2, 0) is 19.2 Å². The lowest BCUT2D eigenvalue weighted by atomic mass is 10.3. The molecular formula is C8H13N3O4S2. The number of hydrogen-bond acceptors (Lipinski definition) is 7. The summed E-state index contributed by atoms with van der Waals surface area (Å²) in [6.45, 7) is 0. The first-order valence-electron chi connectivity index (χ1n) is 4.53. The molecule has 0 unspecified atom stereocenters. The van der Waals surface area contributed by atoms with Crippen LogP contribution in [0.4, 0.5) is 0 Å². The molecule has 0 aromatic carbocycles. The van der Waals surface area contributed by atoms with Gasteiger partial charge in [-0.1, -0.05) is 0 Å². The summed E-state index contributed by atoms with van der Waals surface area (Å²) in [6.07, 6.45) is 0.913. The molecule has 2 amide bonds. The summed E-state index contributed by atoms with van der Waals surface area (Å²) in [5, 5.41) is 0.692. The summed E-state index contributed by atoms with van der Waals surface area (Å²) in [5.74, 6) is -2.29. The first-order chi connectivity index (χ1) is 8.01. The molecule has 0 fully saturated rings. The number of hydrogen-bond donors (Lipinski definition) is 4. The average molecular weight is 279 g/mol. The van der Waals surface area contributed by atoms with Crippen molar-refractivity contribution < 1.29 is 19.2 Å². The summed E-state index contributed by atoms with van der Waals surface area (Å²) in [4.78, 5) is 43.5. The Morgan fingerprint density at radius 1 is 1.24 bits per heavy atom. The Labute approximate surface area is 109 Å². The largest absolute Gasteiger partial charge is 0.361 e. The van der Waals surface area contributed by atoms with Crippen LogP contribution in [0, 0.1) is 0 Å². The minimum Gasteiger partial charge on any atom is -0.361 e. The molecule has 0 saturated heterocycles. The van der Waals surface area contributed by atoms with Gasteiger partial charge in [0.25, 0.3) is 0 Å². The van der Waals surface area contributed by atoms with Crippen molar-refractivity contribution in [2.24, 2.45) is 5.73 Å².